The summed E-state index contributed by atoms with van der Waals surface area (Å²) in [4.78, 5) is 34.8. The fourth-order valence-corrected chi connectivity index (χ4v) is 4.50. The summed E-state index contributed by atoms with van der Waals surface area (Å²) in [5, 5.41) is 1.88. The van der Waals surface area contributed by atoms with Crippen LogP contribution in [0.25, 0.3) is 4.96 Å². The number of anilines is 1. The van der Waals surface area contributed by atoms with Gasteiger partial charge in [-0.2, -0.15) is 0 Å². The molecule has 0 spiro atoms. The quantitative estimate of drug-likeness (QED) is 0.684. The average Bonchev–Trinajstić information content (AvgIpc) is 3.03. The zero-order valence-electron chi connectivity index (χ0n) is 15.7. The number of thiazole rings is 1. The van der Waals surface area contributed by atoms with Gasteiger partial charge in [-0.05, 0) is 38.5 Å². The van der Waals surface area contributed by atoms with E-state index in [0.717, 1.165) is 12.2 Å². The van der Waals surface area contributed by atoms with Crippen molar-refractivity contribution in [3.63, 3.8) is 0 Å². The number of benzene rings is 1. The van der Waals surface area contributed by atoms with E-state index in [2.05, 4.69) is 48.0 Å². The molecule has 1 aliphatic heterocycles. The number of nitrogens with zero attached hydrogens (tertiary/aromatic N) is 4. The van der Waals surface area contributed by atoms with Crippen molar-refractivity contribution < 1.29 is 4.79 Å². The van der Waals surface area contributed by atoms with Gasteiger partial charge in [-0.1, -0.05) is 12.1 Å². The van der Waals surface area contributed by atoms with E-state index in [1.807, 2.05) is 12.3 Å². The zero-order valence-corrected chi connectivity index (χ0v) is 16.5. The maximum absolute atomic E-state index is 13.0. The van der Waals surface area contributed by atoms with Gasteiger partial charge in [0.15, 0.2) is 4.96 Å². The third kappa shape index (κ3) is 3.12. The molecule has 27 heavy (non-hydrogen) atoms. The SMILES string of the molecule is Cc1cccc(N2CCN(C(=O)c3cnc4scc(C)n4c3=O)C[C@@H]2C)c1. The number of aryl methyl sites for hydroxylation is 2. The van der Waals surface area contributed by atoms with E-state index in [1.165, 1.54) is 33.2 Å². The highest BCUT2D eigenvalue weighted by Crippen LogP contribution is 2.22. The summed E-state index contributed by atoms with van der Waals surface area (Å²) < 4.78 is 1.52. The maximum atomic E-state index is 13.0. The lowest BCUT2D eigenvalue weighted by Crippen LogP contribution is -2.54. The van der Waals surface area contributed by atoms with Crippen LogP contribution < -0.4 is 10.5 Å². The molecule has 2 aromatic heterocycles. The minimum atomic E-state index is -0.280. The van der Waals surface area contributed by atoms with Gasteiger partial charge in [0, 0.05) is 48.6 Å². The monoisotopic (exact) mass is 382 g/mol. The molecule has 3 aromatic rings. The minimum absolute atomic E-state index is 0.144. The Morgan fingerprint density at radius 3 is 2.81 bits per heavy atom. The molecule has 0 saturated carbocycles. The second-order valence-electron chi connectivity index (χ2n) is 7.10. The van der Waals surface area contributed by atoms with Gasteiger partial charge in [-0.3, -0.25) is 14.0 Å². The normalized spacial score (nSPS) is 17.5. The highest BCUT2D eigenvalue weighted by molar-refractivity contribution is 7.15. The van der Waals surface area contributed by atoms with Crippen molar-refractivity contribution in [1.82, 2.24) is 14.3 Å². The predicted molar refractivity (Wildman–Crippen MR) is 108 cm³/mol. The summed E-state index contributed by atoms with van der Waals surface area (Å²) >= 11 is 1.40. The maximum Gasteiger partial charge on any atom is 0.271 e. The fraction of sp³-hybridized carbons (Fsp3) is 0.350. The molecule has 1 amide bonds. The number of fused-ring (bicyclic) bond motifs is 1. The Kier molecular flexibility index (Phi) is 4.47. The number of aromatic nitrogens is 2. The molecule has 0 radical (unpaired) electrons. The lowest BCUT2D eigenvalue weighted by atomic mass is 10.1. The van der Waals surface area contributed by atoms with Crippen LogP contribution in [0.3, 0.4) is 0 Å². The van der Waals surface area contributed by atoms with Crippen molar-refractivity contribution in [3.8, 4) is 0 Å². The lowest BCUT2D eigenvalue weighted by Gasteiger charge is -2.41. The van der Waals surface area contributed by atoms with Gasteiger partial charge in [0.05, 0.1) is 0 Å². The van der Waals surface area contributed by atoms with Crippen LogP contribution in [-0.2, 0) is 0 Å². The van der Waals surface area contributed by atoms with Crippen molar-refractivity contribution in [2.24, 2.45) is 0 Å². The molecular formula is C20H22N4O2S. The van der Waals surface area contributed by atoms with Crippen molar-refractivity contribution in [3.05, 3.63) is 63.0 Å². The predicted octanol–water partition coefficient (Wildman–Crippen LogP) is 2.72. The molecule has 0 aliphatic carbocycles. The Morgan fingerprint density at radius 2 is 2.07 bits per heavy atom. The Balaban J connectivity index is 1.57. The van der Waals surface area contributed by atoms with Crippen LogP contribution in [0.1, 0.15) is 28.5 Å². The topological polar surface area (TPSA) is 57.9 Å². The second kappa shape index (κ2) is 6.81. The van der Waals surface area contributed by atoms with Gasteiger partial charge < -0.3 is 9.80 Å². The van der Waals surface area contributed by atoms with E-state index in [-0.39, 0.29) is 23.1 Å². The molecule has 1 fully saturated rings. The molecule has 3 heterocycles. The number of hydrogen-bond acceptors (Lipinski definition) is 5. The number of carbonyl (C=O) groups excluding carboxylic acids is 1. The Bertz CT molecular complexity index is 1070. The highest BCUT2D eigenvalue weighted by Gasteiger charge is 2.29. The summed E-state index contributed by atoms with van der Waals surface area (Å²) in [6.07, 6.45) is 1.42. The van der Waals surface area contributed by atoms with E-state index >= 15 is 0 Å². The van der Waals surface area contributed by atoms with Crippen molar-refractivity contribution in [2.45, 2.75) is 26.8 Å². The average molecular weight is 382 g/mol. The molecule has 1 aliphatic rings. The Hall–Kier alpha value is -2.67. The molecule has 6 nitrogen and oxygen atoms in total. The molecule has 1 saturated heterocycles. The molecular weight excluding hydrogens is 360 g/mol. The number of carbonyl (C=O) groups is 1. The summed E-state index contributed by atoms with van der Waals surface area (Å²) in [7, 11) is 0. The van der Waals surface area contributed by atoms with Gasteiger partial charge in [-0.15, -0.1) is 11.3 Å². The summed E-state index contributed by atoms with van der Waals surface area (Å²) in [6.45, 7) is 7.95. The minimum Gasteiger partial charge on any atom is -0.365 e. The van der Waals surface area contributed by atoms with Crippen molar-refractivity contribution in [1.29, 1.82) is 0 Å². The molecule has 1 aromatic carbocycles. The third-order valence-corrected chi connectivity index (χ3v) is 6.05. The van der Waals surface area contributed by atoms with Crippen molar-refractivity contribution >= 4 is 27.9 Å². The van der Waals surface area contributed by atoms with Crippen LogP contribution in [0.2, 0.25) is 0 Å². The van der Waals surface area contributed by atoms with E-state index < -0.39 is 0 Å². The van der Waals surface area contributed by atoms with E-state index in [0.29, 0.717) is 18.1 Å². The lowest BCUT2D eigenvalue weighted by molar-refractivity contribution is 0.0724. The van der Waals surface area contributed by atoms with Crippen LogP contribution in [0.4, 0.5) is 5.69 Å². The molecule has 1 atom stereocenters. The molecule has 0 bridgehead atoms. The van der Waals surface area contributed by atoms with Gasteiger partial charge >= 0.3 is 0 Å². The van der Waals surface area contributed by atoms with E-state index in [4.69, 9.17) is 0 Å². The molecule has 0 N–H and O–H groups in total. The first-order chi connectivity index (χ1) is 13.0. The first kappa shape index (κ1) is 17.7. The highest BCUT2D eigenvalue weighted by atomic mass is 32.1. The van der Waals surface area contributed by atoms with Gasteiger partial charge in [0.1, 0.15) is 5.56 Å². The smallest absolute Gasteiger partial charge is 0.271 e. The summed E-state index contributed by atoms with van der Waals surface area (Å²) in [6, 6.07) is 8.57. The van der Waals surface area contributed by atoms with Crippen LogP contribution in [0.5, 0.6) is 0 Å². The third-order valence-electron chi connectivity index (χ3n) is 5.09. The number of rotatable bonds is 2. The zero-order chi connectivity index (χ0) is 19.1. The standard InChI is InChI=1S/C20H22N4O2S/c1-13-5-4-6-16(9-13)23-8-7-22(11-14(23)2)18(25)17-10-21-20-24(19(17)26)15(3)12-27-20/h4-6,9-10,12,14H,7-8,11H2,1-3H3/t14-/m0/s1. The van der Waals surface area contributed by atoms with Crippen LogP contribution in [0, 0.1) is 13.8 Å². The van der Waals surface area contributed by atoms with E-state index in [9.17, 15) is 9.59 Å². The fourth-order valence-electron chi connectivity index (χ4n) is 3.67. The summed E-state index contributed by atoms with van der Waals surface area (Å²) in [5.41, 5.74) is 3.06. The van der Waals surface area contributed by atoms with Gasteiger partial charge in [-0.25, -0.2) is 4.98 Å². The largest absolute Gasteiger partial charge is 0.365 e. The van der Waals surface area contributed by atoms with Crippen molar-refractivity contribution in [2.75, 3.05) is 24.5 Å². The number of hydrogen-bond donors (Lipinski definition) is 0. The number of piperazine rings is 1. The first-order valence-electron chi connectivity index (χ1n) is 9.04. The Labute approximate surface area is 161 Å². The van der Waals surface area contributed by atoms with Gasteiger partial charge in [0.2, 0.25) is 0 Å². The molecule has 7 heteroatoms. The molecule has 4 rings (SSSR count). The Morgan fingerprint density at radius 1 is 1.26 bits per heavy atom. The first-order valence-corrected chi connectivity index (χ1v) is 9.92. The van der Waals surface area contributed by atoms with Gasteiger partial charge in [0.25, 0.3) is 11.5 Å². The number of amides is 1. The summed E-state index contributed by atoms with van der Waals surface area (Å²) in [5.74, 6) is -0.233. The van der Waals surface area contributed by atoms with Crippen LogP contribution in [-0.4, -0.2) is 45.9 Å². The molecule has 0 unspecified atom stereocenters. The van der Waals surface area contributed by atoms with Crippen LogP contribution >= 0.6 is 11.3 Å². The van der Waals surface area contributed by atoms with E-state index in [1.54, 1.807) is 4.90 Å². The van der Waals surface area contributed by atoms with Crippen LogP contribution in [0.15, 0.2) is 40.6 Å². The molecule has 140 valence electrons. The second-order valence-corrected chi connectivity index (χ2v) is 7.94.